The first kappa shape index (κ1) is 8.05. The van der Waals surface area contributed by atoms with Crippen molar-refractivity contribution in [3.8, 4) is 11.5 Å². The summed E-state index contributed by atoms with van der Waals surface area (Å²) >= 11 is 0. The quantitative estimate of drug-likeness (QED) is 0.697. The minimum absolute atomic E-state index is 0.845. The highest BCUT2D eigenvalue weighted by Crippen LogP contribution is 2.21. The summed E-state index contributed by atoms with van der Waals surface area (Å²) in [7, 11) is 0. The Balaban J connectivity index is 2.51. The maximum absolute atomic E-state index is 5.30. The third-order valence-electron chi connectivity index (χ3n) is 2.03. The Hall–Kier alpha value is -1.57. The SMILES string of the molecule is CCc1cccnc1-c1ccco1. The smallest absolute Gasteiger partial charge is 0.152 e. The molecule has 0 aliphatic carbocycles. The summed E-state index contributed by atoms with van der Waals surface area (Å²) < 4.78 is 5.30. The monoisotopic (exact) mass is 173 g/mol. The summed E-state index contributed by atoms with van der Waals surface area (Å²) in [5.41, 5.74) is 2.17. The molecule has 2 rings (SSSR count). The molecule has 0 spiro atoms. The van der Waals surface area contributed by atoms with E-state index in [1.807, 2.05) is 18.2 Å². The van der Waals surface area contributed by atoms with Crippen molar-refractivity contribution in [2.45, 2.75) is 13.3 Å². The van der Waals surface area contributed by atoms with Crippen LogP contribution in [0.3, 0.4) is 0 Å². The second-order valence-electron chi connectivity index (χ2n) is 2.84. The molecule has 2 heteroatoms. The van der Waals surface area contributed by atoms with E-state index >= 15 is 0 Å². The molecule has 0 fully saturated rings. The fraction of sp³-hybridized carbons (Fsp3) is 0.182. The van der Waals surface area contributed by atoms with Gasteiger partial charge in [-0.2, -0.15) is 0 Å². The van der Waals surface area contributed by atoms with Crippen molar-refractivity contribution in [2.75, 3.05) is 0 Å². The second kappa shape index (κ2) is 3.44. The molecule has 0 amide bonds. The van der Waals surface area contributed by atoms with Crippen LogP contribution < -0.4 is 0 Å². The minimum atomic E-state index is 0.845. The second-order valence-corrected chi connectivity index (χ2v) is 2.84. The van der Waals surface area contributed by atoms with Crippen molar-refractivity contribution in [2.24, 2.45) is 0 Å². The van der Waals surface area contributed by atoms with Crippen molar-refractivity contribution in [1.82, 2.24) is 4.98 Å². The number of aromatic nitrogens is 1. The van der Waals surface area contributed by atoms with E-state index in [-0.39, 0.29) is 0 Å². The summed E-state index contributed by atoms with van der Waals surface area (Å²) in [6.07, 6.45) is 4.43. The lowest BCUT2D eigenvalue weighted by Gasteiger charge is -2.01. The lowest BCUT2D eigenvalue weighted by molar-refractivity contribution is 0.579. The highest BCUT2D eigenvalue weighted by Gasteiger charge is 2.05. The van der Waals surface area contributed by atoms with Crippen molar-refractivity contribution in [3.63, 3.8) is 0 Å². The Morgan fingerprint density at radius 2 is 2.23 bits per heavy atom. The van der Waals surface area contributed by atoms with Crippen LogP contribution in [0.25, 0.3) is 11.5 Å². The Kier molecular flexibility index (Phi) is 2.13. The average Bonchev–Trinajstić information content (AvgIpc) is 2.70. The van der Waals surface area contributed by atoms with Crippen LogP contribution in [0.5, 0.6) is 0 Å². The molecule has 0 saturated carbocycles. The predicted molar refractivity (Wildman–Crippen MR) is 51.3 cm³/mol. The van der Waals surface area contributed by atoms with E-state index in [2.05, 4.69) is 18.0 Å². The number of aryl methyl sites for hydroxylation is 1. The molecule has 13 heavy (non-hydrogen) atoms. The molecule has 0 aliphatic rings. The van der Waals surface area contributed by atoms with E-state index in [1.165, 1.54) is 5.56 Å². The van der Waals surface area contributed by atoms with Gasteiger partial charge >= 0.3 is 0 Å². The number of rotatable bonds is 2. The first-order valence-corrected chi connectivity index (χ1v) is 4.39. The van der Waals surface area contributed by atoms with E-state index in [0.717, 1.165) is 17.9 Å². The normalized spacial score (nSPS) is 10.2. The molecule has 0 saturated heterocycles. The van der Waals surface area contributed by atoms with Gasteiger partial charge in [0.15, 0.2) is 5.76 Å². The molecule has 0 unspecified atom stereocenters. The number of nitrogens with zero attached hydrogens (tertiary/aromatic N) is 1. The van der Waals surface area contributed by atoms with Gasteiger partial charge in [-0.05, 0) is 30.2 Å². The average molecular weight is 173 g/mol. The van der Waals surface area contributed by atoms with Crippen LogP contribution in [-0.4, -0.2) is 4.98 Å². The Morgan fingerprint density at radius 3 is 2.92 bits per heavy atom. The molecule has 0 radical (unpaired) electrons. The van der Waals surface area contributed by atoms with Gasteiger partial charge in [-0.15, -0.1) is 0 Å². The Morgan fingerprint density at radius 1 is 1.31 bits per heavy atom. The predicted octanol–water partition coefficient (Wildman–Crippen LogP) is 2.90. The number of hydrogen-bond acceptors (Lipinski definition) is 2. The topological polar surface area (TPSA) is 26.0 Å². The fourth-order valence-electron chi connectivity index (χ4n) is 1.36. The van der Waals surface area contributed by atoms with Gasteiger partial charge < -0.3 is 4.42 Å². The summed E-state index contributed by atoms with van der Waals surface area (Å²) in [5.74, 6) is 0.845. The van der Waals surface area contributed by atoms with E-state index in [1.54, 1.807) is 12.5 Å². The minimum Gasteiger partial charge on any atom is -0.463 e. The lowest BCUT2D eigenvalue weighted by atomic mass is 10.1. The Bertz CT molecular complexity index is 379. The number of hydrogen-bond donors (Lipinski definition) is 0. The standard InChI is InChI=1S/C11H11NO/c1-2-9-5-3-7-12-11(9)10-6-4-8-13-10/h3-8H,2H2,1H3. The zero-order valence-electron chi connectivity index (χ0n) is 7.53. The van der Waals surface area contributed by atoms with Crippen LogP contribution in [0.2, 0.25) is 0 Å². The summed E-state index contributed by atoms with van der Waals surface area (Å²) in [6, 6.07) is 7.83. The molecule has 0 aromatic carbocycles. The molecular formula is C11H11NO. The molecule has 2 heterocycles. The van der Waals surface area contributed by atoms with Gasteiger partial charge in [0.2, 0.25) is 0 Å². The molecule has 0 atom stereocenters. The van der Waals surface area contributed by atoms with Gasteiger partial charge in [0.05, 0.1) is 6.26 Å². The van der Waals surface area contributed by atoms with Crippen LogP contribution >= 0.6 is 0 Å². The van der Waals surface area contributed by atoms with Crippen LogP contribution in [0.4, 0.5) is 0 Å². The summed E-state index contributed by atoms with van der Waals surface area (Å²) in [6.45, 7) is 2.11. The highest BCUT2D eigenvalue weighted by molar-refractivity contribution is 5.56. The van der Waals surface area contributed by atoms with Gasteiger partial charge in [0.25, 0.3) is 0 Å². The number of furan rings is 1. The molecule has 2 nitrogen and oxygen atoms in total. The van der Waals surface area contributed by atoms with Crippen LogP contribution in [0.15, 0.2) is 41.1 Å². The first-order valence-electron chi connectivity index (χ1n) is 4.39. The summed E-state index contributed by atoms with van der Waals surface area (Å²) in [4.78, 5) is 4.30. The molecule has 0 aliphatic heterocycles. The van der Waals surface area contributed by atoms with E-state index in [0.29, 0.717) is 0 Å². The van der Waals surface area contributed by atoms with Gasteiger partial charge in [0, 0.05) is 6.20 Å². The van der Waals surface area contributed by atoms with Gasteiger partial charge in [0.1, 0.15) is 5.69 Å². The zero-order valence-corrected chi connectivity index (χ0v) is 7.53. The van der Waals surface area contributed by atoms with E-state index < -0.39 is 0 Å². The van der Waals surface area contributed by atoms with Crippen LogP contribution in [-0.2, 0) is 6.42 Å². The maximum atomic E-state index is 5.30. The zero-order chi connectivity index (χ0) is 9.10. The van der Waals surface area contributed by atoms with Crippen molar-refractivity contribution < 1.29 is 4.42 Å². The Labute approximate surface area is 77.2 Å². The van der Waals surface area contributed by atoms with E-state index in [4.69, 9.17) is 4.42 Å². The molecular weight excluding hydrogens is 162 g/mol. The molecule has 0 N–H and O–H groups in total. The largest absolute Gasteiger partial charge is 0.463 e. The molecule has 2 aromatic heterocycles. The van der Waals surface area contributed by atoms with Gasteiger partial charge in [-0.25, -0.2) is 0 Å². The van der Waals surface area contributed by atoms with Gasteiger partial charge in [-0.3, -0.25) is 4.98 Å². The highest BCUT2D eigenvalue weighted by atomic mass is 16.3. The number of pyridine rings is 1. The van der Waals surface area contributed by atoms with Crippen molar-refractivity contribution >= 4 is 0 Å². The fourth-order valence-corrected chi connectivity index (χ4v) is 1.36. The van der Waals surface area contributed by atoms with Crippen LogP contribution in [0, 0.1) is 0 Å². The van der Waals surface area contributed by atoms with E-state index in [9.17, 15) is 0 Å². The lowest BCUT2D eigenvalue weighted by Crippen LogP contribution is -1.88. The van der Waals surface area contributed by atoms with Crippen LogP contribution in [0.1, 0.15) is 12.5 Å². The third kappa shape index (κ3) is 1.47. The van der Waals surface area contributed by atoms with Crippen molar-refractivity contribution in [3.05, 3.63) is 42.3 Å². The third-order valence-corrected chi connectivity index (χ3v) is 2.03. The summed E-state index contributed by atoms with van der Waals surface area (Å²) in [5, 5.41) is 0. The molecule has 66 valence electrons. The molecule has 2 aromatic rings. The van der Waals surface area contributed by atoms with Crippen molar-refractivity contribution in [1.29, 1.82) is 0 Å². The maximum Gasteiger partial charge on any atom is 0.152 e. The first-order chi connectivity index (χ1) is 6.42. The van der Waals surface area contributed by atoms with Gasteiger partial charge in [-0.1, -0.05) is 13.0 Å². The molecule has 0 bridgehead atoms.